The van der Waals surface area contributed by atoms with Crippen LogP contribution >= 0.6 is 11.3 Å². The number of imide groups is 1. The molecule has 0 radical (unpaired) electrons. The number of amides is 4. The van der Waals surface area contributed by atoms with Crippen LogP contribution in [0.2, 0.25) is 0 Å². The first-order chi connectivity index (χ1) is 23.0. The average Bonchev–Trinajstić information content (AvgIpc) is 3.78. The van der Waals surface area contributed by atoms with Gasteiger partial charge in [0.2, 0.25) is 11.0 Å². The van der Waals surface area contributed by atoms with Crippen molar-refractivity contribution in [3.05, 3.63) is 44.0 Å². The van der Waals surface area contributed by atoms with Gasteiger partial charge in [-0.3, -0.25) is 23.9 Å². The van der Waals surface area contributed by atoms with Crippen LogP contribution in [0.25, 0.3) is 11.5 Å². The molecule has 0 spiro atoms. The number of pyridine rings is 1. The largest absolute Gasteiger partial charge is 0.503 e. The van der Waals surface area contributed by atoms with Gasteiger partial charge in [0.15, 0.2) is 22.4 Å². The number of ether oxygens (including phenoxy) is 1. The number of hydrogen-bond donors (Lipinski definition) is 6. The first-order valence-electron chi connectivity index (χ1n) is 14.1. The quantitative estimate of drug-likeness (QED) is 0.0690. The number of hydrogen-bond acceptors (Lipinski definition) is 16. The lowest BCUT2D eigenvalue weighted by molar-refractivity contribution is -0.161. The zero-order valence-corrected chi connectivity index (χ0v) is 27.1. The standard InChI is InChI=1S/C25H28N10O12S2/c1-25(2,21(40)41)47-31-17(14-10-48-22(26)29-14)19(38)28-13-9-34(20(13)39)23(42)32-49(44,45)35-24(43)33(8-11-4-3-5-46-11)18(30-35)12-6-15(36)16(37)7-27-12/h6-7,10-11,13,37H,3-5,8-9H2,1-2H3,(H2,26,29)(H,27,36)(H,28,38)(H,32,42)(H,40,41)/t11-,13-/m0/s1. The van der Waals surface area contributed by atoms with Crippen molar-refractivity contribution in [2.45, 2.75) is 51.0 Å². The molecule has 4 amide bonds. The number of aromatic hydroxyl groups is 1. The third-order valence-corrected chi connectivity index (χ3v) is 8.96. The molecule has 0 aromatic carbocycles. The summed E-state index contributed by atoms with van der Waals surface area (Å²) in [7, 11) is -5.11. The third kappa shape index (κ3) is 7.14. The minimum Gasteiger partial charge on any atom is -0.503 e. The summed E-state index contributed by atoms with van der Waals surface area (Å²) in [5.74, 6) is -4.47. The van der Waals surface area contributed by atoms with Gasteiger partial charge >= 0.3 is 27.9 Å². The summed E-state index contributed by atoms with van der Waals surface area (Å²) >= 11 is 0.934. The number of carboxylic acid groups (broad SMARTS) is 1. The van der Waals surface area contributed by atoms with Crippen molar-refractivity contribution in [2.24, 2.45) is 5.16 Å². The van der Waals surface area contributed by atoms with E-state index < -0.39 is 80.9 Å². The third-order valence-electron chi connectivity index (χ3n) is 7.16. The molecular formula is C25H28N10O12S2. The van der Waals surface area contributed by atoms with Crippen molar-refractivity contribution in [1.29, 1.82) is 0 Å². The molecule has 5 rings (SSSR count). The smallest absolute Gasteiger partial charge is 0.362 e. The van der Waals surface area contributed by atoms with Crippen LogP contribution in [0, 0.1) is 0 Å². The number of aromatic amines is 1. The van der Waals surface area contributed by atoms with Crippen LogP contribution in [0.15, 0.2) is 32.4 Å². The molecule has 7 N–H and O–H groups in total. The molecule has 2 saturated heterocycles. The van der Waals surface area contributed by atoms with Crippen LogP contribution in [0.4, 0.5) is 9.93 Å². The first-order valence-corrected chi connectivity index (χ1v) is 16.4. The second-order valence-electron chi connectivity index (χ2n) is 11.1. The Morgan fingerprint density at radius 3 is 2.61 bits per heavy atom. The Bertz CT molecular complexity index is 2090. The Hall–Kier alpha value is -5.62. The van der Waals surface area contributed by atoms with E-state index in [9.17, 15) is 47.4 Å². The Morgan fingerprint density at radius 2 is 2.02 bits per heavy atom. The Balaban J connectivity index is 1.31. The summed E-state index contributed by atoms with van der Waals surface area (Å²) in [5.41, 5.74) is 0.914. The van der Waals surface area contributed by atoms with Gasteiger partial charge in [-0.05, 0) is 26.7 Å². The molecule has 0 aliphatic carbocycles. The maximum atomic E-state index is 13.3. The summed E-state index contributed by atoms with van der Waals surface area (Å²) in [6.07, 6.45) is 1.65. The van der Waals surface area contributed by atoms with E-state index in [0.29, 0.717) is 24.3 Å². The van der Waals surface area contributed by atoms with Crippen LogP contribution < -0.4 is 26.9 Å². The molecule has 5 heterocycles. The minimum absolute atomic E-state index is 0.0369. The fourth-order valence-electron chi connectivity index (χ4n) is 4.43. The topological polar surface area (TPSA) is 313 Å². The average molecular weight is 725 g/mol. The monoisotopic (exact) mass is 724 g/mol. The van der Waals surface area contributed by atoms with E-state index in [1.54, 1.807) is 4.72 Å². The fourth-order valence-corrected chi connectivity index (χ4v) is 5.89. The molecule has 2 aliphatic rings. The highest BCUT2D eigenvalue weighted by atomic mass is 32.2. The van der Waals surface area contributed by atoms with Crippen molar-refractivity contribution >= 4 is 56.2 Å². The van der Waals surface area contributed by atoms with Gasteiger partial charge in [-0.15, -0.1) is 16.4 Å². The number of nitrogen functional groups attached to an aromatic ring is 1. The molecule has 49 heavy (non-hydrogen) atoms. The van der Waals surface area contributed by atoms with E-state index in [4.69, 9.17) is 15.3 Å². The molecule has 0 saturated carbocycles. The second-order valence-corrected chi connectivity index (χ2v) is 13.5. The van der Waals surface area contributed by atoms with Crippen molar-refractivity contribution in [3.63, 3.8) is 0 Å². The number of thiazole rings is 1. The second kappa shape index (κ2) is 13.1. The van der Waals surface area contributed by atoms with Crippen molar-refractivity contribution in [3.8, 4) is 17.3 Å². The van der Waals surface area contributed by atoms with E-state index in [1.165, 1.54) is 19.2 Å². The number of urea groups is 1. The molecule has 2 fully saturated rings. The van der Waals surface area contributed by atoms with Crippen LogP contribution in [0.5, 0.6) is 5.75 Å². The number of anilines is 1. The number of nitrogens with zero attached hydrogens (tertiary/aromatic N) is 6. The number of H-pyrrole nitrogens is 1. The number of aliphatic carboxylic acids is 1. The molecule has 2 atom stereocenters. The highest BCUT2D eigenvalue weighted by Crippen LogP contribution is 2.20. The summed E-state index contributed by atoms with van der Waals surface area (Å²) in [6, 6.07) is -1.95. The molecule has 0 unspecified atom stereocenters. The predicted octanol–water partition coefficient (Wildman–Crippen LogP) is -2.26. The molecule has 0 bridgehead atoms. The van der Waals surface area contributed by atoms with Gasteiger partial charge in [-0.1, -0.05) is 9.24 Å². The van der Waals surface area contributed by atoms with Crippen LogP contribution in [-0.2, 0) is 40.7 Å². The van der Waals surface area contributed by atoms with Crippen LogP contribution in [0.1, 0.15) is 32.4 Å². The number of nitrogens with two attached hydrogens (primary N) is 1. The van der Waals surface area contributed by atoms with Gasteiger partial charge in [-0.2, -0.15) is 8.42 Å². The zero-order chi connectivity index (χ0) is 35.8. The molecule has 3 aromatic heterocycles. The minimum atomic E-state index is -5.11. The number of carboxylic acids is 1. The van der Waals surface area contributed by atoms with E-state index in [1.807, 2.05) is 0 Å². The molecule has 24 heteroatoms. The van der Waals surface area contributed by atoms with Crippen molar-refractivity contribution < 1.29 is 47.4 Å². The highest BCUT2D eigenvalue weighted by Gasteiger charge is 2.44. The van der Waals surface area contributed by atoms with E-state index in [0.717, 1.165) is 28.2 Å². The molecule has 3 aromatic rings. The van der Waals surface area contributed by atoms with Crippen LogP contribution in [-0.4, -0.2) is 108 Å². The Labute approximate surface area is 278 Å². The maximum Gasteiger partial charge on any atom is 0.362 e. The molecule has 262 valence electrons. The number of β-lactam (4-membered cyclic amide) rings is 1. The van der Waals surface area contributed by atoms with Crippen molar-refractivity contribution in [2.75, 3.05) is 18.9 Å². The lowest BCUT2D eigenvalue weighted by Crippen LogP contribution is -2.68. The lowest BCUT2D eigenvalue weighted by atomic mass is 10.1. The number of aromatic nitrogens is 5. The number of carbonyl (C=O) groups excluding carboxylic acids is 3. The van der Waals surface area contributed by atoms with Crippen molar-refractivity contribution in [1.82, 2.24) is 38.7 Å². The maximum absolute atomic E-state index is 13.3. The summed E-state index contributed by atoms with van der Waals surface area (Å²) in [5, 5.41) is 29.9. The Kier molecular flexibility index (Phi) is 9.29. The number of likely N-dealkylation sites (tertiary alicyclic amines) is 1. The SMILES string of the molecule is CC(C)(ON=C(C(=O)N[C@H]1CN(C(=O)NS(=O)(=O)n2nc(-c3cc(=O)c(O)c[nH]3)n(C[C@@H]3CCCO3)c2=O)C1=O)c1csc(N)n1)C(=O)O. The summed E-state index contributed by atoms with van der Waals surface area (Å²) in [4.78, 5) is 87.3. The van der Waals surface area contributed by atoms with Gasteiger partial charge in [0.1, 0.15) is 11.7 Å². The first kappa shape index (κ1) is 34.7. The summed E-state index contributed by atoms with van der Waals surface area (Å²) in [6.45, 7) is 2.05. The van der Waals surface area contributed by atoms with Gasteiger partial charge in [-0.25, -0.2) is 24.1 Å². The highest BCUT2D eigenvalue weighted by molar-refractivity contribution is 7.88. The van der Waals surface area contributed by atoms with Crippen LogP contribution in [0.3, 0.4) is 0 Å². The normalized spacial score (nSPS) is 18.2. The molecular weight excluding hydrogens is 696 g/mol. The Morgan fingerprint density at radius 1 is 1.29 bits per heavy atom. The zero-order valence-electron chi connectivity index (χ0n) is 25.5. The van der Waals surface area contributed by atoms with Gasteiger partial charge in [0.25, 0.3) is 11.8 Å². The lowest BCUT2D eigenvalue weighted by Gasteiger charge is -2.36. The summed E-state index contributed by atoms with van der Waals surface area (Å²) < 4.78 is 34.4. The van der Waals surface area contributed by atoms with E-state index in [2.05, 4.69) is 25.5 Å². The van der Waals surface area contributed by atoms with E-state index >= 15 is 0 Å². The fraction of sp³-hybridized carbons (Fsp3) is 0.400. The van der Waals surface area contributed by atoms with Gasteiger partial charge < -0.3 is 35.8 Å². The number of oxime groups is 1. The number of nitrogens with one attached hydrogen (secondary N) is 3. The van der Waals surface area contributed by atoms with Gasteiger partial charge in [0, 0.05) is 24.3 Å². The number of rotatable bonds is 11. The molecule has 22 nitrogen and oxygen atoms in total. The van der Waals surface area contributed by atoms with E-state index in [-0.39, 0.29) is 33.0 Å². The number of carbonyl (C=O) groups is 4. The predicted molar refractivity (Wildman–Crippen MR) is 166 cm³/mol. The van der Waals surface area contributed by atoms with Gasteiger partial charge in [0.05, 0.1) is 24.9 Å². The molecule has 2 aliphatic heterocycles.